The van der Waals surface area contributed by atoms with Crippen molar-refractivity contribution in [2.75, 3.05) is 13.1 Å². The van der Waals surface area contributed by atoms with Crippen LogP contribution in [0.15, 0.2) is 22.7 Å². The number of likely N-dealkylation sites (N-methyl/N-ethyl adjacent to an activating group) is 1. The summed E-state index contributed by atoms with van der Waals surface area (Å²) >= 11 is 3.26. The molecule has 0 radical (unpaired) electrons. The standard InChI is InChI=1S/C12H15BrFNO/c1-3-15(4-2)12(16)7-9-5-6-10(14)8-11(9)13/h5-6,8H,3-4,7H2,1-2H3. The number of carbonyl (C=O) groups is 1. The Kier molecular flexibility index (Phi) is 4.93. The fraction of sp³-hybridized carbons (Fsp3) is 0.417. The van der Waals surface area contributed by atoms with Gasteiger partial charge >= 0.3 is 0 Å². The van der Waals surface area contributed by atoms with Gasteiger partial charge in [-0.05, 0) is 31.5 Å². The Bertz CT molecular complexity index is 377. The molecule has 1 rings (SSSR count). The molecule has 88 valence electrons. The van der Waals surface area contributed by atoms with Crippen LogP contribution in [0.3, 0.4) is 0 Å². The van der Waals surface area contributed by atoms with Gasteiger partial charge in [0.05, 0.1) is 6.42 Å². The van der Waals surface area contributed by atoms with Crippen LogP contribution in [0.5, 0.6) is 0 Å². The first-order valence-electron chi connectivity index (χ1n) is 5.30. The summed E-state index contributed by atoms with van der Waals surface area (Å²) in [5, 5.41) is 0. The minimum Gasteiger partial charge on any atom is -0.343 e. The van der Waals surface area contributed by atoms with E-state index >= 15 is 0 Å². The van der Waals surface area contributed by atoms with Gasteiger partial charge in [-0.15, -0.1) is 0 Å². The van der Waals surface area contributed by atoms with Crippen molar-refractivity contribution in [3.8, 4) is 0 Å². The van der Waals surface area contributed by atoms with Crippen LogP contribution in [0.2, 0.25) is 0 Å². The first-order valence-corrected chi connectivity index (χ1v) is 6.09. The average Bonchev–Trinajstić information content (AvgIpc) is 2.24. The zero-order valence-electron chi connectivity index (χ0n) is 9.46. The number of rotatable bonds is 4. The molecule has 0 fully saturated rings. The lowest BCUT2D eigenvalue weighted by molar-refractivity contribution is -0.130. The molecule has 0 aliphatic carbocycles. The highest BCUT2D eigenvalue weighted by Gasteiger charge is 2.12. The van der Waals surface area contributed by atoms with Crippen LogP contribution in [0.25, 0.3) is 0 Å². The zero-order chi connectivity index (χ0) is 12.1. The van der Waals surface area contributed by atoms with Crippen LogP contribution in [0.4, 0.5) is 4.39 Å². The lowest BCUT2D eigenvalue weighted by atomic mass is 10.1. The highest BCUT2D eigenvalue weighted by molar-refractivity contribution is 9.10. The summed E-state index contributed by atoms with van der Waals surface area (Å²) in [4.78, 5) is 13.6. The second-order valence-corrected chi connectivity index (χ2v) is 4.33. The monoisotopic (exact) mass is 287 g/mol. The summed E-state index contributed by atoms with van der Waals surface area (Å²) < 4.78 is 13.5. The zero-order valence-corrected chi connectivity index (χ0v) is 11.1. The molecular weight excluding hydrogens is 273 g/mol. The first-order chi connectivity index (χ1) is 7.58. The second kappa shape index (κ2) is 5.99. The molecule has 0 spiro atoms. The van der Waals surface area contributed by atoms with E-state index in [9.17, 15) is 9.18 Å². The smallest absolute Gasteiger partial charge is 0.227 e. The van der Waals surface area contributed by atoms with Crippen molar-refractivity contribution >= 4 is 21.8 Å². The Morgan fingerprint density at radius 3 is 2.50 bits per heavy atom. The number of benzene rings is 1. The third-order valence-corrected chi connectivity index (χ3v) is 3.21. The fourth-order valence-electron chi connectivity index (χ4n) is 1.52. The van der Waals surface area contributed by atoms with Crippen LogP contribution in [0, 0.1) is 5.82 Å². The van der Waals surface area contributed by atoms with Gasteiger partial charge in [0.1, 0.15) is 5.82 Å². The van der Waals surface area contributed by atoms with Crippen molar-refractivity contribution in [3.05, 3.63) is 34.1 Å². The SMILES string of the molecule is CCN(CC)C(=O)Cc1ccc(F)cc1Br. The molecule has 0 heterocycles. The molecule has 1 aromatic rings. The Balaban J connectivity index is 2.76. The minimum absolute atomic E-state index is 0.0670. The maximum absolute atomic E-state index is 12.9. The molecule has 0 aliphatic heterocycles. The Hall–Kier alpha value is -0.900. The molecule has 4 heteroatoms. The van der Waals surface area contributed by atoms with Gasteiger partial charge in [0.15, 0.2) is 0 Å². The summed E-state index contributed by atoms with van der Waals surface area (Å²) in [6.45, 7) is 5.30. The summed E-state index contributed by atoms with van der Waals surface area (Å²) in [6.07, 6.45) is 0.308. The van der Waals surface area contributed by atoms with Crippen molar-refractivity contribution in [2.45, 2.75) is 20.3 Å². The lowest BCUT2D eigenvalue weighted by Crippen LogP contribution is -2.31. The van der Waals surface area contributed by atoms with E-state index in [4.69, 9.17) is 0 Å². The van der Waals surface area contributed by atoms with Gasteiger partial charge in [-0.2, -0.15) is 0 Å². The van der Waals surface area contributed by atoms with Gasteiger partial charge in [-0.1, -0.05) is 22.0 Å². The van der Waals surface area contributed by atoms with E-state index in [1.165, 1.54) is 12.1 Å². The van der Waals surface area contributed by atoms with E-state index < -0.39 is 0 Å². The van der Waals surface area contributed by atoms with Gasteiger partial charge in [0, 0.05) is 17.6 Å². The molecule has 16 heavy (non-hydrogen) atoms. The highest BCUT2D eigenvalue weighted by Crippen LogP contribution is 2.19. The Morgan fingerprint density at radius 2 is 2.00 bits per heavy atom. The molecule has 2 nitrogen and oxygen atoms in total. The van der Waals surface area contributed by atoms with Crippen LogP contribution in [-0.2, 0) is 11.2 Å². The van der Waals surface area contributed by atoms with Crippen LogP contribution >= 0.6 is 15.9 Å². The van der Waals surface area contributed by atoms with Gasteiger partial charge < -0.3 is 4.90 Å². The number of halogens is 2. The molecule has 1 aromatic carbocycles. The molecule has 0 bridgehead atoms. The van der Waals surface area contributed by atoms with Crippen LogP contribution < -0.4 is 0 Å². The molecule has 0 saturated heterocycles. The summed E-state index contributed by atoms with van der Waals surface area (Å²) in [7, 11) is 0. The lowest BCUT2D eigenvalue weighted by Gasteiger charge is -2.18. The van der Waals surface area contributed by atoms with Crippen molar-refractivity contribution in [1.29, 1.82) is 0 Å². The van der Waals surface area contributed by atoms with E-state index in [1.54, 1.807) is 11.0 Å². The summed E-state index contributed by atoms with van der Waals surface area (Å²) in [5.74, 6) is -0.233. The number of hydrogen-bond donors (Lipinski definition) is 0. The average molecular weight is 288 g/mol. The van der Waals surface area contributed by atoms with Crippen molar-refractivity contribution in [1.82, 2.24) is 4.90 Å². The third-order valence-electron chi connectivity index (χ3n) is 2.47. The predicted octanol–water partition coefficient (Wildman–Crippen LogP) is 3.00. The van der Waals surface area contributed by atoms with E-state index in [-0.39, 0.29) is 11.7 Å². The number of amides is 1. The van der Waals surface area contributed by atoms with E-state index in [1.807, 2.05) is 13.8 Å². The Morgan fingerprint density at radius 1 is 1.38 bits per heavy atom. The van der Waals surface area contributed by atoms with Gasteiger partial charge in [0.25, 0.3) is 0 Å². The topological polar surface area (TPSA) is 20.3 Å². The van der Waals surface area contributed by atoms with Crippen molar-refractivity contribution < 1.29 is 9.18 Å². The van der Waals surface area contributed by atoms with E-state index in [2.05, 4.69) is 15.9 Å². The molecule has 0 aliphatic rings. The highest BCUT2D eigenvalue weighted by atomic mass is 79.9. The molecule has 1 amide bonds. The van der Waals surface area contributed by atoms with Crippen LogP contribution in [0.1, 0.15) is 19.4 Å². The number of hydrogen-bond acceptors (Lipinski definition) is 1. The largest absolute Gasteiger partial charge is 0.343 e. The molecular formula is C12H15BrFNO. The van der Waals surface area contributed by atoms with Gasteiger partial charge in [-0.3, -0.25) is 4.79 Å². The third kappa shape index (κ3) is 3.30. The second-order valence-electron chi connectivity index (χ2n) is 3.48. The number of nitrogens with zero attached hydrogens (tertiary/aromatic N) is 1. The molecule has 0 atom stereocenters. The van der Waals surface area contributed by atoms with Crippen LogP contribution in [-0.4, -0.2) is 23.9 Å². The number of carbonyl (C=O) groups excluding carboxylic acids is 1. The van der Waals surface area contributed by atoms with Gasteiger partial charge in [0.2, 0.25) is 5.91 Å². The fourth-order valence-corrected chi connectivity index (χ4v) is 2.01. The molecule has 0 aromatic heterocycles. The van der Waals surface area contributed by atoms with E-state index in [0.29, 0.717) is 24.0 Å². The predicted molar refractivity (Wildman–Crippen MR) is 65.7 cm³/mol. The molecule has 0 unspecified atom stereocenters. The molecule has 0 N–H and O–H groups in total. The summed E-state index contributed by atoms with van der Waals surface area (Å²) in [5.41, 5.74) is 0.818. The maximum Gasteiger partial charge on any atom is 0.227 e. The minimum atomic E-state index is -0.300. The van der Waals surface area contributed by atoms with Gasteiger partial charge in [-0.25, -0.2) is 4.39 Å². The summed E-state index contributed by atoms with van der Waals surface area (Å²) in [6, 6.07) is 4.39. The quantitative estimate of drug-likeness (QED) is 0.834. The normalized spacial score (nSPS) is 10.2. The maximum atomic E-state index is 12.9. The van der Waals surface area contributed by atoms with Crippen molar-refractivity contribution in [2.24, 2.45) is 0 Å². The first kappa shape index (κ1) is 13.2. The van der Waals surface area contributed by atoms with E-state index in [0.717, 1.165) is 5.56 Å². The molecule has 0 saturated carbocycles. The van der Waals surface area contributed by atoms with Crippen molar-refractivity contribution in [3.63, 3.8) is 0 Å². The Labute approximate surface area is 104 Å².